The lowest BCUT2D eigenvalue weighted by atomic mass is 10.00. The third-order valence-electron chi connectivity index (χ3n) is 4.95. The monoisotopic (exact) mass is 429 g/mol. The molecule has 3 rings (SSSR count). The number of thiocarbonyl (C=S) groups is 1. The molecule has 2 aromatic carbocycles. The summed E-state index contributed by atoms with van der Waals surface area (Å²) in [6.45, 7) is 4.20. The van der Waals surface area contributed by atoms with Gasteiger partial charge in [-0.2, -0.15) is 0 Å². The Bertz CT molecular complexity index is 877. The van der Waals surface area contributed by atoms with Crippen molar-refractivity contribution >= 4 is 45.6 Å². The Kier molecular flexibility index (Phi) is 7.22. The van der Waals surface area contributed by atoms with Gasteiger partial charge in [-0.05, 0) is 54.2 Å². The van der Waals surface area contributed by atoms with Crippen LogP contribution in [0.4, 0.5) is 11.4 Å². The van der Waals surface area contributed by atoms with E-state index in [-0.39, 0.29) is 17.3 Å². The average molecular weight is 430 g/mol. The minimum Gasteiger partial charge on any atom is -0.357 e. The highest BCUT2D eigenvalue weighted by molar-refractivity contribution is 8.23. The number of carbonyl (C=O) groups excluding carboxylic acids is 1. The predicted molar refractivity (Wildman–Crippen MR) is 122 cm³/mol. The van der Waals surface area contributed by atoms with Crippen molar-refractivity contribution in [3.8, 4) is 11.1 Å². The number of thioether (sulfide) groups is 1. The first-order valence-electron chi connectivity index (χ1n) is 9.49. The van der Waals surface area contributed by atoms with Crippen LogP contribution in [0, 0.1) is 16.0 Å². The molecule has 6 nitrogen and oxygen atoms in total. The zero-order valence-corrected chi connectivity index (χ0v) is 17.8. The third kappa shape index (κ3) is 6.01. The molecule has 0 spiro atoms. The maximum absolute atomic E-state index is 12.2. The number of nitro benzene ring substituents is 1. The second-order valence-electron chi connectivity index (χ2n) is 7.15. The topological polar surface area (TPSA) is 75.5 Å². The maximum Gasteiger partial charge on any atom is 0.269 e. The molecule has 0 atom stereocenters. The molecule has 1 saturated heterocycles. The Balaban J connectivity index is 1.49. The Hall–Kier alpha value is -2.45. The summed E-state index contributed by atoms with van der Waals surface area (Å²) in [6.07, 6.45) is 2.29. The van der Waals surface area contributed by atoms with Crippen molar-refractivity contribution in [3.63, 3.8) is 0 Å². The number of nitrogens with one attached hydrogen (secondary N) is 1. The maximum atomic E-state index is 12.2. The van der Waals surface area contributed by atoms with Crippen LogP contribution in [-0.4, -0.2) is 38.9 Å². The SMILES string of the molecule is CC1CCN(C(=S)SCC(=O)Nc2ccc(-c3ccc([N+](=O)[O-])cc3)cc2)CC1. The van der Waals surface area contributed by atoms with Crippen molar-refractivity contribution in [1.29, 1.82) is 0 Å². The normalized spacial score (nSPS) is 14.4. The van der Waals surface area contributed by atoms with Crippen LogP contribution >= 0.6 is 24.0 Å². The number of anilines is 1. The van der Waals surface area contributed by atoms with Gasteiger partial charge in [0.2, 0.25) is 5.91 Å². The average Bonchev–Trinajstić information content (AvgIpc) is 2.73. The highest BCUT2D eigenvalue weighted by Gasteiger charge is 2.18. The quantitative estimate of drug-likeness (QED) is 0.412. The number of nitro groups is 1. The van der Waals surface area contributed by atoms with Crippen LogP contribution in [-0.2, 0) is 4.79 Å². The van der Waals surface area contributed by atoms with Crippen LogP contribution in [0.5, 0.6) is 0 Å². The van der Waals surface area contributed by atoms with Gasteiger partial charge < -0.3 is 10.2 Å². The number of hydrogen-bond donors (Lipinski definition) is 1. The number of benzene rings is 2. The first-order valence-corrected chi connectivity index (χ1v) is 10.9. The van der Waals surface area contributed by atoms with Gasteiger partial charge in [0.05, 0.1) is 10.7 Å². The summed E-state index contributed by atoms with van der Waals surface area (Å²) in [6, 6.07) is 13.8. The van der Waals surface area contributed by atoms with E-state index in [1.807, 2.05) is 24.3 Å². The highest BCUT2D eigenvalue weighted by Crippen LogP contribution is 2.24. The number of hydrogen-bond acceptors (Lipinski definition) is 5. The lowest BCUT2D eigenvalue weighted by Gasteiger charge is -2.31. The van der Waals surface area contributed by atoms with Crippen molar-refractivity contribution in [2.24, 2.45) is 5.92 Å². The smallest absolute Gasteiger partial charge is 0.269 e. The third-order valence-corrected chi connectivity index (χ3v) is 6.47. The molecule has 1 aliphatic heterocycles. The molecule has 0 radical (unpaired) electrons. The molecule has 0 aliphatic carbocycles. The fourth-order valence-corrected chi connectivity index (χ4v) is 4.18. The van der Waals surface area contributed by atoms with Gasteiger partial charge in [-0.15, -0.1) is 0 Å². The van der Waals surface area contributed by atoms with Gasteiger partial charge in [0.25, 0.3) is 5.69 Å². The summed E-state index contributed by atoms with van der Waals surface area (Å²) in [5, 5.41) is 13.6. The van der Waals surface area contributed by atoms with E-state index >= 15 is 0 Å². The molecule has 8 heteroatoms. The molecular weight excluding hydrogens is 406 g/mol. The number of carbonyl (C=O) groups is 1. The molecule has 0 aromatic heterocycles. The Morgan fingerprint density at radius 3 is 2.24 bits per heavy atom. The molecule has 1 amide bonds. The van der Waals surface area contributed by atoms with Crippen molar-refractivity contribution < 1.29 is 9.72 Å². The van der Waals surface area contributed by atoms with E-state index in [1.54, 1.807) is 12.1 Å². The number of amides is 1. The van der Waals surface area contributed by atoms with Gasteiger partial charge in [-0.1, -0.05) is 43.0 Å². The fraction of sp³-hybridized carbons (Fsp3) is 0.333. The Morgan fingerprint density at radius 2 is 1.69 bits per heavy atom. The number of rotatable bonds is 5. The van der Waals surface area contributed by atoms with Crippen LogP contribution in [0.15, 0.2) is 48.5 Å². The summed E-state index contributed by atoms with van der Waals surface area (Å²) in [5.41, 5.74) is 2.57. The van der Waals surface area contributed by atoms with Crippen LogP contribution in [0.25, 0.3) is 11.1 Å². The number of piperidine rings is 1. The van der Waals surface area contributed by atoms with Gasteiger partial charge in [-0.3, -0.25) is 14.9 Å². The van der Waals surface area contributed by atoms with E-state index in [2.05, 4.69) is 17.1 Å². The van der Waals surface area contributed by atoms with E-state index in [1.165, 1.54) is 23.9 Å². The van der Waals surface area contributed by atoms with Crippen molar-refractivity contribution in [1.82, 2.24) is 4.90 Å². The lowest BCUT2D eigenvalue weighted by Crippen LogP contribution is -2.36. The first-order chi connectivity index (χ1) is 13.9. The number of likely N-dealkylation sites (tertiary alicyclic amines) is 1. The van der Waals surface area contributed by atoms with E-state index in [9.17, 15) is 14.9 Å². The van der Waals surface area contributed by atoms with Crippen LogP contribution in [0.1, 0.15) is 19.8 Å². The summed E-state index contributed by atoms with van der Waals surface area (Å²) >= 11 is 6.86. The zero-order chi connectivity index (χ0) is 20.8. The van der Waals surface area contributed by atoms with Crippen molar-refractivity contribution in [2.45, 2.75) is 19.8 Å². The van der Waals surface area contributed by atoms with Crippen LogP contribution in [0.2, 0.25) is 0 Å². The number of nitrogens with zero attached hydrogens (tertiary/aromatic N) is 2. The molecule has 0 unspecified atom stereocenters. The zero-order valence-electron chi connectivity index (χ0n) is 16.2. The van der Waals surface area contributed by atoms with Crippen molar-refractivity contribution in [3.05, 3.63) is 58.6 Å². The fourth-order valence-electron chi connectivity index (χ4n) is 3.13. The molecule has 1 N–H and O–H groups in total. The molecule has 1 fully saturated rings. The standard InChI is InChI=1S/C21H23N3O3S2/c1-15-10-12-23(13-11-15)21(28)29-14-20(25)22-18-6-2-16(3-7-18)17-4-8-19(9-5-17)24(26)27/h2-9,15H,10-14H2,1H3,(H,22,25). The first kappa shape index (κ1) is 21.3. The summed E-state index contributed by atoms with van der Waals surface area (Å²) in [4.78, 5) is 24.7. The summed E-state index contributed by atoms with van der Waals surface area (Å²) in [7, 11) is 0. The largest absolute Gasteiger partial charge is 0.357 e. The molecule has 0 bridgehead atoms. The number of non-ortho nitro benzene ring substituents is 1. The van der Waals surface area contributed by atoms with Gasteiger partial charge in [0, 0.05) is 30.9 Å². The van der Waals surface area contributed by atoms with E-state index < -0.39 is 4.92 Å². The molecule has 1 heterocycles. The van der Waals surface area contributed by atoms with Crippen molar-refractivity contribution in [2.75, 3.05) is 24.2 Å². The molecule has 2 aromatic rings. The Labute approximate surface area is 179 Å². The predicted octanol–water partition coefficient (Wildman–Crippen LogP) is 4.95. The van der Waals surface area contributed by atoms with Gasteiger partial charge in [0.15, 0.2) is 0 Å². The summed E-state index contributed by atoms with van der Waals surface area (Å²) in [5.74, 6) is 0.941. The van der Waals surface area contributed by atoms with E-state index in [0.29, 0.717) is 5.69 Å². The van der Waals surface area contributed by atoms with Crippen LogP contribution in [0.3, 0.4) is 0 Å². The highest BCUT2D eigenvalue weighted by atomic mass is 32.2. The van der Waals surface area contributed by atoms with Crippen LogP contribution < -0.4 is 5.32 Å². The Morgan fingerprint density at radius 1 is 1.14 bits per heavy atom. The van der Waals surface area contributed by atoms with Gasteiger partial charge >= 0.3 is 0 Å². The molecule has 29 heavy (non-hydrogen) atoms. The van der Waals surface area contributed by atoms with E-state index in [0.717, 1.165) is 47.3 Å². The molecule has 152 valence electrons. The second kappa shape index (κ2) is 9.84. The minimum absolute atomic E-state index is 0.0621. The molecule has 1 aliphatic rings. The minimum atomic E-state index is -0.419. The van der Waals surface area contributed by atoms with E-state index in [4.69, 9.17) is 12.2 Å². The van der Waals surface area contributed by atoms with Gasteiger partial charge in [-0.25, -0.2) is 0 Å². The summed E-state index contributed by atoms with van der Waals surface area (Å²) < 4.78 is 0.792. The van der Waals surface area contributed by atoms with Gasteiger partial charge in [0.1, 0.15) is 4.32 Å². The molecule has 0 saturated carbocycles. The second-order valence-corrected chi connectivity index (χ2v) is 8.76. The molecular formula is C21H23N3O3S2. The lowest BCUT2D eigenvalue weighted by molar-refractivity contribution is -0.384.